The highest BCUT2D eigenvalue weighted by Gasteiger charge is 2.10. The zero-order valence-electron chi connectivity index (χ0n) is 11.3. The van der Waals surface area contributed by atoms with Gasteiger partial charge in [0.2, 0.25) is 0 Å². The van der Waals surface area contributed by atoms with Crippen LogP contribution in [0.3, 0.4) is 0 Å². The number of aryl methyl sites for hydroxylation is 2. The summed E-state index contributed by atoms with van der Waals surface area (Å²) in [5.41, 5.74) is 5.22. The second-order valence-electron chi connectivity index (χ2n) is 4.83. The second kappa shape index (κ2) is 7.01. The minimum Gasteiger partial charge on any atom is -0.271 e. The van der Waals surface area contributed by atoms with E-state index in [-0.39, 0.29) is 6.04 Å². The summed E-state index contributed by atoms with van der Waals surface area (Å²) in [6.45, 7) is 0. The van der Waals surface area contributed by atoms with Gasteiger partial charge < -0.3 is 0 Å². The number of rotatable bonds is 7. The van der Waals surface area contributed by atoms with Gasteiger partial charge in [-0.25, -0.2) is 0 Å². The van der Waals surface area contributed by atoms with E-state index in [1.807, 2.05) is 19.3 Å². The summed E-state index contributed by atoms with van der Waals surface area (Å²) < 4.78 is 1.72. The molecular formula is C14H21N5. The maximum atomic E-state index is 5.60. The molecule has 0 aliphatic rings. The van der Waals surface area contributed by atoms with Crippen LogP contribution in [0.4, 0.5) is 0 Å². The third-order valence-electron chi connectivity index (χ3n) is 3.20. The predicted octanol–water partition coefficient (Wildman–Crippen LogP) is 1.21. The molecule has 3 N–H and O–H groups in total. The van der Waals surface area contributed by atoms with Crippen molar-refractivity contribution in [3.63, 3.8) is 0 Å². The number of benzene rings is 1. The zero-order chi connectivity index (χ0) is 13.5. The van der Waals surface area contributed by atoms with Gasteiger partial charge in [-0.15, -0.1) is 5.10 Å². The maximum Gasteiger partial charge on any atom is 0.0843 e. The lowest BCUT2D eigenvalue weighted by atomic mass is 10.0. The van der Waals surface area contributed by atoms with Gasteiger partial charge in [0.25, 0.3) is 0 Å². The first-order chi connectivity index (χ1) is 9.28. The van der Waals surface area contributed by atoms with Crippen LogP contribution >= 0.6 is 0 Å². The molecule has 0 amide bonds. The van der Waals surface area contributed by atoms with Crippen LogP contribution in [0.25, 0.3) is 0 Å². The van der Waals surface area contributed by atoms with Gasteiger partial charge in [0.15, 0.2) is 0 Å². The van der Waals surface area contributed by atoms with E-state index in [2.05, 4.69) is 40.0 Å². The van der Waals surface area contributed by atoms with Gasteiger partial charge in [0.1, 0.15) is 0 Å². The molecule has 0 aliphatic carbocycles. The van der Waals surface area contributed by atoms with Crippen molar-refractivity contribution in [3.8, 4) is 0 Å². The number of nitrogens with zero attached hydrogens (tertiary/aromatic N) is 3. The van der Waals surface area contributed by atoms with Crippen molar-refractivity contribution >= 4 is 0 Å². The Balaban J connectivity index is 1.76. The number of nitrogens with one attached hydrogen (secondary N) is 1. The first-order valence-electron chi connectivity index (χ1n) is 6.63. The predicted molar refractivity (Wildman–Crippen MR) is 75.2 cm³/mol. The van der Waals surface area contributed by atoms with Crippen molar-refractivity contribution in [2.45, 2.75) is 31.7 Å². The number of nitrogens with two attached hydrogens (primary N) is 1. The van der Waals surface area contributed by atoms with Crippen LogP contribution in [0, 0.1) is 0 Å². The summed E-state index contributed by atoms with van der Waals surface area (Å²) >= 11 is 0. The molecule has 102 valence electrons. The average molecular weight is 259 g/mol. The topological polar surface area (TPSA) is 68.8 Å². The maximum absolute atomic E-state index is 5.60. The molecule has 19 heavy (non-hydrogen) atoms. The normalized spacial score (nSPS) is 12.5. The highest BCUT2D eigenvalue weighted by molar-refractivity contribution is 5.14. The van der Waals surface area contributed by atoms with E-state index in [1.165, 1.54) is 5.56 Å². The minimum atomic E-state index is 0.250. The van der Waals surface area contributed by atoms with Crippen LogP contribution in [0.1, 0.15) is 24.1 Å². The standard InChI is InChI=1S/C14H21N5/c1-19-11-14(17-18-19)10-13(16-15)9-5-8-12-6-3-2-4-7-12/h2-4,6-7,11,13,16H,5,8-10,15H2,1H3. The minimum absolute atomic E-state index is 0.250. The number of hydrazine groups is 1. The van der Waals surface area contributed by atoms with Crippen molar-refractivity contribution < 1.29 is 0 Å². The molecule has 1 unspecified atom stereocenters. The largest absolute Gasteiger partial charge is 0.271 e. The van der Waals surface area contributed by atoms with Crippen LogP contribution in [-0.4, -0.2) is 21.0 Å². The molecule has 2 aromatic rings. The summed E-state index contributed by atoms with van der Waals surface area (Å²) in [6.07, 6.45) is 5.97. The Bertz CT molecular complexity index is 480. The molecule has 1 aromatic heterocycles. The molecule has 0 spiro atoms. The molecule has 1 heterocycles. The molecule has 0 aliphatic heterocycles. The van der Waals surface area contributed by atoms with Gasteiger partial charge in [-0.1, -0.05) is 35.5 Å². The molecule has 0 fully saturated rings. The van der Waals surface area contributed by atoms with Crippen LogP contribution in [0.5, 0.6) is 0 Å². The van der Waals surface area contributed by atoms with Crippen molar-refractivity contribution in [1.29, 1.82) is 0 Å². The van der Waals surface area contributed by atoms with Gasteiger partial charge in [0.05, 0.1) is 5.69 Å². The third kappa shape index (κ3) is 4.46. The summed E-state index contributed by atoms with van der Waals surface area (Å²) in [4.78, 5) is 0. The Labute approximate surface area is 113 Å². The highest BCUT2D eigenvalue weighted by Crippen LogP contribution is 2.09. The smallest absolute Gasteiger partial charge is 0.0843 e. The van der Waals surface area contributed by atoms with Crippen molar-refractivity contribution in [2.75, 3.05) is 0 Å². The fourth-order valence-electron chi connectivity index (χ4n) is 2.18. The van der Waals surface area contributed by atoms with Crippen LogP contribution in [-0.2, 0) is 19.9 Å². The van der Waals surface area contributed by atoms with E-state index in [0.29, 0.717) is 0 Å². The molecule has 0 saturated heterocycles. The van der Waals surface area contributed by atoms with Crippen molar-refractivity contribution in [2.24, 2.45) is 12.9 Å². The van der Waals surface area contributed by atoms with Crippen molar-refractivity contribution in [3.05, 3.63) is 47.8 Å². The number of hydrogen-bond acceptors (Lipinski definition) is 4. The fourth-order valence-corrected chi connectivity index (χ4v) is 2.18. The lowest BCUT2D eigenvalue weighted by Crippen LogP contribution is -2.36. The quantitative estimate of drug-likeness (QED) is 0.579. The fraction of sp³-hybridized carbons (Fsp3) is 0.429. The molecule has 2 rings (SSSR count). The van der Waals surface area contributed by atoms with Gasteiger partial charge in [-0.3, -0.25) is 16.0 Å². The first kappa shape index (κ1) is 13.7. The molecule has 0 bridgehead atoms. The first-order valence-corrected chi connectivity index (χ1v) is 6.63. The van der Waals surface area contributed by atoms with E-state index in [9.17, 15) is 0 Å². The van der Waals surface area contributed by atoms with Gasteiger partial charge >= 0.3 is 0 Å². The van der Waals surface area contributed by atoms with Crippen molar-refractivity contribution in [1.82, 2.24) is 20.4 Å². The number of aromatic nitrogens is 3. The third-order valence-corrected chi connectivity index (χ3v) is 3.20. The summed E-state index contributed by atoms with van der Waals surface area (Å²) in [5, 5.41) is 8.02. The Morgan fingerprint density at radius 3 is 2.74 bits per heavy atom. The molecule has 5 heteroatoms. The van der Waals surface area contributed by atoms with Gasteiger partial charge in [0, 0.05) is 25.7 Å². The summed E-state index contributed by atoms with van der Waals surface area (Å²) in [5.74, 6) is 5.60. The molecule has 5 nitrogen and oxygen atoms in total. The van der Waals surface area contributed by atoms with E-state index in [4.69, 9.17) is 5.84 Å². The molecular weight excluding hydrogens is 238 g/mol. The lowest BCUT2D eigenvalue weighted by Gasteiger charge is -2.14. The van der Waals surface area contributed by atoms with E-state index in [1.54, 1.807) is 4.68 Å². The lowest BCUT2D eigenvalue weighted by molar-refractivity contribution is 0.472. The summed E-state index contributed by atoms with van der Waals surface area (Å²) in [7, 11) is 1.87. The van der Waals surface area contributed by atoms with E-state index < -0.39 is 0 Å². The highest BCUT2D eigenvalue weighted by atomic mass is 15.4. The van der Waals surface area contributed by atoms with E-state index >= 15 is 0 Å². The van der Waals surface area contributed by atoms with Crippen LogP contribution < -0.4 is 11.3 Å². The van der Waals surface area contributed by atoms with Gasteiger partial charge in [-0.05, 0) is 24.8 Å². The van der Waals surface area contributed by atoms with Gasteiger partial charge in [-0.2, -0.15) is 0 Å². The van der Waals surface area contributed by atoms with Crippen LogP contribution in [0.15, 0.2) is 36.5 Å². The van der Waals surface area contributed by atoms with E-state index in [0.717, 1.165) is 31.4 Å². The number of hydrogen-bond donors (Lipinski definition) is 2. The Morgan fingerprint density at radius 1 is 1.32 bits per heavy atom. The Hall–Kier alpha value is -1.72. The van der Waals surface area contributed by atoms with Crippen LogP contribution in [0.2, 0.25) is 0 Å². The molecule has 0 saturated carbocycles. The molecule has 0 radical (unpaired) electrons. The average Bonchev–Trinajstić information content (AvgIpc) is 2.84. The zero-order valence-corrected chi connectivity index (χ0v) is 11.3. The monoisotopic (exact) mass is 259 g/mol. The molecule has 1 atom stereocenters. The molecule has 1 aromatic carbocycles. The summed E-state index contributed by atoms with van der Waals surface area (Å²) in [6, 6.07) is 10.8. The Morgan fingerprint density at radius 2 is 2.11 bits per heavy atom. The second-order valence-corrected chi connectivity index (χ2v) is 4.83. The Kier molecular flexibility index (Phi) is 5.06. The SMILES string of the molecule is Cn1cc(CC(CCCc2ccccc2)NN)nn1.